The molecule has 0 spiro atoms. The van der Waals surface area contributed by atoms with Crippen molar-refractivity contribution in [1.29, 1.82) is 0 Å². The van der Waals surface area contributed by atoms with E-state index in [1.165, 1.54) is 0 Å². The van der Waals surface area contributed by atoms with E-state index in [2.05, 4.69) is 5.18 Å². The zero-order chi connectivity index (χ0) is 16.7. The van der Waals surface area contributed by atoms with Crippen LogP contribution in [-0.4, -0.2) is 11.6 Å². The molecule has 1 aliphatic rings. The largest absolute Gasteiger partial charge is 0.285 e. The number of rotatable bonds is 2. The van der Waals surface area contributed by atoms with Crippen LogP contribution in [0.25, 0.3) is 22.3 Å². The van der Waals surface area contributed by atoms with Crippen LogP contribution in [0, 0.1) is 4.91 Å². The minimum atomic E-state index is -0.489. The number of Topliss-reactive ketones (excluding diaryl/α,β-unsaturated/α-hetero) is 2. The lowest BCUT2D eigenvalue weighted by atomic mass is 9.82. The summed E-state index contributed by atoms with van der Waals surface area (Å²) in [5, 5.41) is 2.87. The summed E-state index contributed by atoms with van der Waals surface area (Å²) >= 11 is 0. The molecule has 0 aromatic heterocycles. The molecule has 1 aliphatic carbocycles. The Morgan fingerprint density at radius 3 is 1.88 bits per heavy atom. The molecule has 0 N–H and O–H groups in total. The van der Waals surface area contributed by atoms with Crippen molar-refractivity contribution in [2.45, 2.75) is 0 Å². The molecule has 4 rings (SSSR count). The van der Waals surface area contributed by atoms with E-state index in [0.29, 0.717) is 16.8 Å². The molecule has 114 valence electrons. The van der Waals surface area contributed by atoms with Gasteiger partial charge >= 0.3 is 0 Å². The van der Waals surface area contributed by atoms with Crippen LogP contribution in [-0.2, 0) is 0 Å². The smallest absolute Gasteiger partial charge is 0.234 e. The Morgan fingerprint density at radius 1 is 0.583 bits per heavy atom. The van der Waals surface area contributed by atoms with Gasteiger partial charge in [0.05, 0.1) is 0 Å². The third-order valence-electron chi connectivity index (χ3n) is 4.24. The van der Waals surface area contributed by atoms with Gasteiger partial charge in [0, 0.05) is 11.1 Å². The summed E-state index contributed by atoms with van der Waals surface area (Å²) in [6, 6.07) is 19.4. The quantitative estimate of drug-likeness (QED) is 0.504. The number of nitrogens with zero attached hydrogens (tertiary/aromatic N) is 1. The molecule has 24 heavy (non-hydrogen) atoms. The monoisotopic (exact) mass is 313 g/mol. The lowest BCUT2D eigenvalue weighted by Crippen LogP contribution is -2.21. The number of carbonyl (C=O) groups is 2. The Bertz CT molecular complexity index is 1000. The number of carbonyl (C=O) groups excluding carboxylic acids is 2. The van der Waals surface area contributed by atoms with Crippen molar-refractivity contribution in [3.8, 4) is 22.3 Å². The molecule has 0 amide bonds. The van der Waals surface area contributed by atoms with Crippen molar-refractivity contribution in [2.24, 2.45) is 5.18 Å². The molecule has 3 aromatic rings. The van der Waals surface area contributed by atoms with Gasteiger partial charge in [-0.25, -0.2) is 0 Å². The molecule has 4 nitrogen and oxygen atoms in total. The van der Waals surface area contributed by atoms with Crippen molar-refractivity contribution >= 4 is 17.3 Å². The molecule has 0 bridgehead atoms. The van der Waals surface area contributed by atoms with E-state index in [9.17, 15) is 14.5 Å². The van der Waals surface area contributed by atoms with Crippen LogP contribution in [0.5, 0.6) is 0 Å². The van der Waals surface area contributed by atoms with Crippen molar-refractivity contribution in [2.75, 3.05) is 0 Å². The maximum atomic E-state index is 12.5. The molecular formula is C20H11NO3. The van der Waals surface area contributed by atoms with E-state index >= 15 is 0 Å². The molecule has 0 aliphatic heterocycles. The maximum absolute atomic E-state index is 12.5. The van der Waals surface area contributed by atoms with Crippen molar-refractivity contribution in [3.63, 3.8) is 0 Å². The molecular weight excluding hydrogens is 302 g/mol. The van der Waals surface area contributed by atoms with E-state index in [0.717, 1.165) is 22.3 Å². The first-order valence-corrected chi connectivity index (χ1v) is 7.45. The van der Waals surface area contributed by atoms with E-state index in [4.69, 9.17) is 0 Å². The van der Waals surface area contributed by atoms with Gasteiger partial charge in [-0.2, -0.15) is 0 Å². The fourth-order valence-corrected chi connectivity index (χ4v) is 3.02. The third-order valence-corrected chi connectivity index (χ3v) is 4.24. The average Bonchev–Trinajstić information content (AvgIpc) is 2.66. The first-order valence-electron chi connectivity index (χ1n) is 7.45. The summed E-state index contributed by atoms with van der Waals surface area (Å²) < 4.78 is 0. The molecule has 0 saturated carbocycles. The van der Waals surface area contributed by atoms with Gasteiger partial charge in [-0.1, -0.05) is 48.5 Å². The molecule has 0 heterocycles. The molecule has 3 aromatic carbocycles. The average molecular weight is 313 g/mol. The summed E-state index contributed by atoms with van der Waals surface area (Å²) in [4.78, 5) is 35.3. The standard InChI is InChI=1S/C20H11NO3/c22-19-17-4-2-1-3-15(17)16-10-7-13(11-18(16)20(19)23)12-5-8-14(21-24)9-6-12/h1-11H. The second kappa shape index (κ2) is 5.35. The van der Waals surface area contributed by atoms with Gasteiger partial charge in [0.15, 0.2) is 0 Å². The molecule has 0 saturated heterocycles. The van der Waals surface area contributed by atoms with Gasteiger partial charge in [-0.3, -0.25) is 9.59 Å². The summed E-state index contributed by atoms with van der Waals surface area (Å²) in [6.07, 6.45) is 0. The third kappa shape index (κ3) is 2.08. The second-order valence-electron chi connectivity index (χ2n) is 5.60. The second-order valence-corrected chi connectivity index (χ2v) is 5.60. The highest BCUT2D eigenvalue weighted by Gasteiger charge is 2.30. The normalized spacial score (nSPS) is 12.5. The zero-order valence-corrected chi connectivity index (χ0v) is 12.5. The summed E-state index contributed by atoms with van der Waals surface area (Å²) in [7, 11) is 0. The lowest BCUT2D eigenvalue weighted by Gasteiger charge is -2.18. The van der Waals surface area contributed by atoms with Crippen LogP contribution in [0.2, 0.25) is 0 Å². The van der Waals surface area contributed by atoms with Gasteiger partial charge in [-0.05, 0) is 45.6 Å². The predicted molar refractivity (Wildman–Crippen MR) is 91.4 cm³/mol. The fourth-order valence-electron chi connectivity index (χ4n) is 3.02. The highest BCUT2D eigenvalue weighted by Crippen LogP contribution is 2.36. The van der Waals surface area contributed by atoms with E-state index < -0.39 is 11.6 Å². The van der Waals surface area contributed by atoms with Gasteiger partial charge in [0.25, 0.3) is 0 Å². The minimum absolute atomic E-state index is 0.344. The van der Waals surface area contributed by atoms with Crippen LogP contribution in [0.15, 0.2) is 71.9 Å². The Hall–Kier alpha value is -3.40. The molecule has 0 fully saturated rings. The number of nitroso groups, excluding NO2 is 1. The summed E-state index contributed by atoms with van der Waals surface area (Å²) in [5.74, 6) is -0.965. The van der Waals surface area contributed by atoms with Gasteiger partial charge in [0.1, 0.15) is 5.69 Å². The fraction of sp³-hybridized carbons (Fsp3) is 0. The lowest BCUT2D eigenvalue weighted by molar-refractivity contribution is 0.0815. The van der Waals surface area contributed by atoms with E-state index in [-0.39, 0.29) is 0 Å². The van der Waals surface area contributed by atoms with Gasteiger partial charge in [0.2, 0.25) is 11.6 Å². The Morgan fingerprint density at radius 2 is 1.17 bits per heavy atom. The van der Waals surface area contributed by atoms with Crippen molar-refractivity contribution in [1.82, 2.24) is 0 Å². The number of ketones is 2. The minimum Gasteiger partial charge on any atom is -0.285 e. The highest BCUT2D eigenvalue weighted by molar-refractivity contribution is 6.53. The Labute approximate surface area is 137 Å². The first kappa shape index (κ1) is 14.2. The van der Waals surface area contributed by atoms with Crippen molar-refractivity contribution < 1.29 is 9.59 Å². The summed E-state index contributed by atoms with van der Waals surface area (Å²) in [6.45, 7) is 0. The first-order chi connectivity index (χ1) is 11.7. The predicted octanol–water partition coefficient (Wildman–Crippen LogP) is 4.80. The SMILES string of the molecule is O=Nc1ccc(-c2ccc3c(c2)C(=O)C(=O)c2ccccc2-3)cc1. The van der Waals surface area contributed by atoms with Gasteiger partial charge < -0.3 is 0 Å². The van der Waals surface area contributed by atoms with E-state index in [1.807, 2.05) is 24.3 Å². The maximum Gasteiger partial charge on any atom is 0.234 e. The zero-order valence-electron chi connectivity index (χ0n) is 12.5. The molecule has 0 radical (unpaired) electrons. The van der Waals surface area contributed by atoms with Crippen LogP contribution >= 0.6 is 0 Å². The Kier molecular flexibility index (Phi) is 3.17. The van der Waals surface area contributed by atoms with Crippen LogP contribution in [0.1, 0.15) is 20.7 Å². The van der Waals surface area contributed by atoms with E-state index in [1.54, 1.807) is 42.5 Å². The topological polar surface area (TPSA) is 63.6 Å². The Balaban J connectivity index is 1.88. The summed E-state index contributed by atoms with van der Waals surface area (Å²) in [5.41, 5.74) is 4.42. The number of fused-ring (bicyclic) bond motifs is 3. The number of benzene rings is 3. The molecule has 0 unspecified atom stereocenters. The molecule has 0 atom stereocenters. The van der Waals surface area contributed by atoms with Crippen molar-refractivity contribution in [3.05, 3.63) is 82.8 Å². The molecule has 4 heteroatoms. The van der Waals surface area contributed by atoms with Crippen LogP contribution < -0.4 is 0 Å². The van der Waals surface area contributed by atoms with Gasteiger partial charge in [-0.15, -0.1) is 4.91 Å². The number of hydrogen-bond donors (Lipinski definition) is 0. The highest BCUT2D eigenvalue weighted by atomic mass is 16.3. The van der Waals surface area contributed by atoms with Crippen LogP contribution in [0.4, 0.5) is 5.69 Å². The van der Waals surface area contributed by atoms with Crippen LogP contribution in [0.3, 0.4) is 0 Å². The number of hydrogen-bond acceptors (Lipinski definition) is 4.